The van der Waals surface area contributed by atoms with Crippen LogP contribution in [0, 0.1) is 17.7 Å². The SMILES string of the molecule is Fc1cnc2[nH]cc(-c3nnc(N[C@@H](c4cccnc4F)C4CC4)o3)c2c1. The van der Waals surface area contributed by atoms with Gasteiger partial charge in [0, 0.05) is 23.3 Å². The predicted octanol–water partition coefficient (Wildman–Crippen LogP) is 3.85. The molecule has 4 heterocycles. The molecule has 1 saturated carbocycles. The van der Waals surface area contributed by atoms with Gasteiger partial charge in [-0.25, -0.2) is 14.4 Å². The lowest BCUT2D eigenvalue weighted by molar-refractivity contribution is 0.519. The van der Waals surface area contributed by atoms with Gasteiger partial charge in [-0.15, -0.1) is 5.10 Å². The van der Waals surface area contributed by atoms with Crippen molar-refractivity contribution in [1.82, 2.24) is 25.1 Å². The lowest BCUT2D eigenvalue weighted by Gasteiger charge is -2.17. The van der Waals surface area contributed by atoms with Gasteiger partial charge in [-0.1, -0.05) is 11.2 Å². The van der Waals surface area contributed by atoms with Crippen molar-refractivity contribution in [2.24, 2.45) is 5.92 Å². The first-order valence-corrected chi connectivity index (χ1v) is 8.52. The standard InChI is InChI=1S/C18H14F2N6O/c19-10-6-12-13(8-23-16(12)22-7-10)17-25-26-18(27-17)24-14(9-3-4-9)11-2-1-5-21-15(11)20/h1-2,5-9,14H,3-4H2,(H,22,23)(H,24,26)/t14-/m1/s1. The molecule has 2 N–H and O–H groups in total. The summed E-state index contributed by atoms with van der Waals surface area (Å²) in [5.41, 5.74) is 1.54. The van der Waals surface area contributed by atoms with Crippen LogP contribution in [0.5, 0.6) is 0 Å². The Morgan fingerprint density at radius 1 is 1.22 bits per heavy atom. The third-order valence-corrected chi connectivity index (χ3v) is 4.65. The number of fused-ring (bicyclic) bond motifs is 1. The van der Waals surface area contributed by atoms with Crippen molar-refractivity contribution in [2.45, 2.75) is 18.9 Å². The summed E-state index contributed by atoms with van der Waals surface area (Å²) in [7, 11) is 0. The summed E-state index contributed by atoms with van der Waals surface area (Å²) in [5.74, 6) is -0.468. The molecule has 1 fully saturated rings. The highest BCUT2D eigenvalue weighted by atomic mass is 19.1. The molecule has 4 aromatic heterocycles. The van der Waals surface area contributed by atoms with Crippen LogP contribution in [0.1, 0.15) is 24.4 Å². The van der Waals surface area contributed by atoms with Gasteiger partial charge in [0.05, 0.1) is 17.8 Å². The molecular weight excluding hydrogens is 354 g/mol. The first kappa shape index (κ1) is 15.9. The fourth-order valence-electron chi connectivity index (χ4n) is 3.19. The molecule has 0 bridgehead atoms. The molecule has 0 aromatic carbocycles. The highest BCUT2D eigenvalue weighted by molar-refractivity contribution is 5.91. The Bertz CT molecular complexity index is 1120. The zero-order chi connectivity index (χ0) is 18.4. The minimum atomic E-state index is -0.514. The molecule has 136 valence electrons. The summed E-state index contributed by atoms with van der Waals surface area (Å²) >= 11 is 0. The Balaban J connectivity index is 1.46. The number of nitrogens with zero attached hydrogens (tertiary/aromatic N) is 4. The van der Waals surface area contributed by atoms with E-state index in [1.54, 1.807) is 18.3 Å². The van der Waals surface area contributed by atoms with Crippen LogP contribution in [0.25, 0.3) is 22.5 Å². The van der Waals surface area contributed by atoms with Crippen LogP contribution in [-0.4, -0.2) is 25.1 Å². The molecule has 1 atom stereocenters. The summed E-state index contributed by atoms with van der Waals surface area (Å²) in [5, 5.41) is 11.7. The van der Waals surface area contributed by atoms with Gasteiger partial charge in [-0.3, -0.25) is 0 Å². The maximum Gasteiger partial charge on any atom is 0.316 e. The monoisotopic (exact) mass is 368 g/mol. The number of pyridine rings is 2. The number of H-pyrrole nitrogens is 1. The Morgan fingerprint density at radius 3 is 2.93 bits per heavy atom. The molecule has 7 nitrogen and oxygen atoms in total. The number of aromatic amines is 1. The van der Waals surface area contributed by atoms with Crippen molar-refractivity contribution in [1.29, 1.82) is 0 Å². The first-order chi connectivity index (χ1) is 13.2. The highest BCUT2D eigenvalue weighted by Crippen LogP contribution is 2.43. The molecule has 0 aliphatic heterocycles. The average Bonchev–Trinajstić information content (AvgIpc) is 3.26. The van der Waals surface area contributed by atoms with E-state index in [0.717, 1.165) is 19.0 Å². The summed E-state index contributed by atoms with van der Waals surface area (Å²) in [6.07, 6.45) is 6.15. The number of rotatable bonds is 5. The van der Waals surface area contributed by atoms with Crippen LogP contribution in [0.2, 0.25) is 0 Å². The average molecular weight is 368 g/mol. The van der Waals surface area contributed by atoms with Crippen molar-refractivity contribution >= 4 is 17.0 Å². The molecule has 4 aromatic rings. The Labute approximate surface area is 151 Å². The van der Waals surface area contributed by atoms with Crippen molar-refractivity contribution in [2.75, 3.05) is 5.32 Å². The Morgan fingerprint density at radius 2 is 2.11 bits per heavy atom. The predicted molar refractivity (Wildman–Crippen MR) is 92.6 cm³/mol. The molecule has 0 unspecified atom stereocenters. The fraction of sp³-hybridized carbons (Fsp3) is 0.222. The van der Waals surface area contributed by atoms with Gasteiger partial charge >= 0.3 is 6.01 Å². The van der Waals surface area contributed by atoms with Gasteiger partial charge in [0.25, 0.3) is 5.89 Å². The molecule has 27 heavy (non-hydrogen) atoms. The van der Waals surface area contributed by atoms with E-state index in [1.807, 2.05) is 0 Å². The molecule has 1 aliphatic carbocycles. The quantitative estimate of drug-likeness (QED) is 0.520. The Kier molecular flexibility index (Phi) is 3.59. The Hall–Kier alpha value is -3.36. The normalized spacial score (nSPS) is 15.2. The van der Waals surface area contributed by atoms with E-state index in [-0.39, 0.29) is 23.9 Å². The number of hydrogen-bond acceptors (Lipinski definition) is 6. The highest BCUT2D eigenvalue weighted by Gasteiger charge is 2.35. The van der Waals surface area contributed by atoms with Crippen molar-refractivity contribution < 1.29 is 13.2 Å². The van der Waals surface area contributed by atoms with E-state index in [4.69, 9.17) is 4.42 Å². The van der Waals surface area contributed by atoms with Gasteiger partial charge in [0.1, 0.15) is 11.5 Å². The molecule has 0 saturated heterocycles. The van der Waals surface area contributed by atoms with E-state index in [9.17, 15) is 8.78 Å². The van der Waals surface area contributed by atoms with Gasteiger partial charge in [-0.05, 0) is 30.9 Å². The van der Waals surface area contributed by atoms with E-state index in [0.29, 0.717) is 22.2 Å². The number of nitrogens with one attached hydrogen (secondary N) is 2. The van der Waals surface area contributed by atoms with Crippen LogP contribution in [0.4, 0.5) is 14.8 Å². The lowest BCUT2D eigenvalue weighted by atomic mass is 10.0. The number of aromatic nitrogens is 5. The second kappa shape index (κ2) is 6.11. The van der Waals surface area contributed by atoms with Crippen LogP contribution in [0.3, 0.4) is 0 Å². The van der Waals surface area contributed by atoms with E-state index < -0.39 is 11.8 Å². The van der Waals surface area contributed by atoms with Crippen LogP contribution < -0.4 is 5.32 Å². The molecule has 0 spiro atoms. The smallest absolute Gasteiger partial charge is 0.316 e. The van der Waals surface area contributed by atoms with Crippen LogP contribution >= 0.6 is 0 Å². The second-order valence-electron chi connectivity index (χ2n) is 6.51. The van der Waals surface area contributed by atoms with Gasteiger partial charge < -0.3 is 14.7 Å². The second-order valence-corrected chi connectivity index (χ2v) is 6.51. The van der Waals surface area contributed by atoms with E-state index >= 15 is 0 Å². The number of hydrogen-bond donors (Lipinski definition) is 2. The summed E-state index contributed by atoms with van der Waals surface area (Å²) in [6.45, 7) is 0. The summed E-state index contributed by atoms with van der Waals surface area (Å²) < 4.78 is 33.3. The molecular formula is C18H14F2N6O. The fourth-order valence-corrected chi connectivity index (χ4v) is 3.19. The topological polar surface area (TPSA) is 92.5 Å². The molecule has 0 amide bonds. The summed E-state index contributed by atoms with van der Waals surface area (Å²) in [6, 6.07) is 4.62. The lowest BCUT2D eigenvalue weighted by Crippen LogP contribution is -2.15. The maximum atomic E-state index is 14.1. The molecule has 9 heteroatoms. The van der Waals surface area contributed by atoms with Crippen molar-refractivity contribution in [3.63, 3.8) is 0 Å². The minimum Gasteiger partial charge on any atom is -0.403 e. The molecule has 1 aliphatic rings. The largest absolute Gasteiger partial charge is 0.403 e. The van der Waals surface area contributed by atoms with Crippen molar-refractivity contribution in [3.8, 4) is 11.5 Å². The van der Waals surface area contributed by atoms with Crippen LogP contribution in [-0.2, 0) is 0 Å². The first-order valence-electron chi connectivity index (χ1n) is 8.52. The zero-order valence-electron chi connectivity index (χ0n) is 14.0. The summed E-state index contributed by atoms with van der Waals surface area (Å²) in [4.78, 5) is 10.6. The number of halogens is 2. The zero-order valence-corrected chi connectivity index (χ0v) is 14.0. The number of anilines is 1. The third-order valence-electron chi connectivity index (χ3n) is 4.65. The van der Waals surface area contributed by atoms with Gasteiger partial charge in [0.2, 0.25) is 5.95 Å². The van der Waals surface area contributed by atoms with E-state index in [2.05, 4.69) is 30.5 Å². The maximum absolute atomic E-state index is 14.1. The van der Waals surface area contributed by atoms with Gasteiger partial charge in [0.15, 0.2) is 0 Å². The minimum absolute atomic E-state index is 0.170. The molecule has 5 rings (SSSR count). The third kappa shape index (κ3) is 2.90. The van der Waals surface area contributed by atoms with Crippen LogP contribution in [0.15, 0.2) is 41.2 Å². The van der Waals surface area contributed by atoms with E-state index in [1.165, 1.54) is 12.3 Å². The van der Waals surface area contributed by atoms with Gasteiger partial charge in [-0.2, -0.15) is 4.39 Å². The molecule has 0 radical (unpaired) electrons. The van der Waals surface area contributed by atoms with Crippen molar-refractivity contribution in [3.05, 3.63) is 54.1 Å².